The first-order valence-electron chi connectivity index (χ1n) is 2.96. The van der Waals surface area contributed by atoms with Crippen molar-refractivity contribution in [1.82, 2.24) is 0 Å². The van der Waals surface area contributed by atoms with Crippen LogP contribution in [0.1, 0.15) is 10.4 Å². The third kappa shape index (κ3) is 1.95. The molecule has 1 rings (SSSR count). The van der Waals surface area contributed by atoms with Crippen molar-refractivity contribution in [2.75, 3.05) is 0 Å². The van der Waals surface area contributed by atoms with E-state index in [1.807, 2.05) is 0 Å². The summed E-state index contributed by atoms with van der Waals surface area (Å²) in [5.74, 6) is -0.479. The molecule has 0 amide bonds. The Morgan fingerprint density at radius 1 is 1.55 bits per heavy atom. The van der Waals surface area contributed by atoms with Crippen LogP contribution in [0.25, 0.3) is 0 Å². The van der Waals surface area contributed by atoms with E-state index in [0.717, 1.165) is 0 Å². The van der Waals surface area contributed by atoms with Gasteiger partial charge in [0.25, 0.3) is 0 Å². The van der Waals surface area contributed by atoms with E-state index in [1.165, 1.54) is 6.07 Å². The summed E-state index contributed by atoms with van der Waals surface area (Å²) >= 11 is 5.62. The summed E-state index contributed by atoms with van der Waals surface area (Å²) in [5.41, 5.74) is 0.410. The third-order valence-corrected chi connectivity index (χ3v) is 1.43. The van der Waals surface area contributed by atoms with Gasteiger partial charge in [-0.05, 0) is 18.2 Å². The second kappa shape index (κ2) is 3.39. The highest BCUT2D eigenvalue weighted by atomic mass is 35.5. The molecule has 0 atom stereocenters. The molecule has 1 aromatic rings. The monoisotopic (exact) mass is 169 g/mol. The van der Waals surface area contributed by atoms with Gasteiger partial charge in [0.05, 0.1) is 5.56 Å². The summed E-state index contributed by atoms with van der Waals surface area (Å²) in [5, 5.41) is 0.507. The fourth-order valence-electron chi connectivity index (χ4n) is 0.699. The molecule has 0 aliphatic carbocycles. The molecule has 0 aromatic heterocycles. The molecule has 0 saturated carbocycles. The second-order valence-corrected chi connectivity index (χ2v) is 2.38. The maximum absolute atomic E-state index is 10.8. The molecule has 0 aliphatic rings. The first kappa shape index (κ1) is 8.08. The molecule has 0 bridgehead atoms. The lowest BCUT2D eigenvalue weighted by Crippen LogP contribution is -1.98. The molecule has 1 radical (unpaired) electrons. The van der Waals surface area contributed by atoms with Crippen LogP contribution in [0.4, 0.5) is 0 Å². The van der Waals surface area contributed by atoms with Gasteiger partial charge in [-0.1, -0.05) is 17.7 Å². The van der Waals surface area contributed by atoms with Crippen LogP contribution in [0.3, 0.4) is 0 Å². The molecule has 0 unspecified atom stereocenters. The van der Waals surface area contributed by atoms with Crippen LogP contribution in [0, 0.1) is 7.11 Å². The zero-order valence-corrected chi connectivity index (χ0v) is 6.47. The van der Waals surface area contributed by atoms with Gasteiger partial charge in [-0.15, -0.1) is 0 Å². The second-order valence-electron chi connectivity index (χ2n) is 1.94. The Bertz CT molecular complexity index is 271. The Kier molecular flexibility index (Phi) is 2.49. The summed E-state index contributed by atoms with van der Waals surface area (Å²) in [7, 11) is 3.00. The predicted molar refractivity (Wildman–Crippen MR) is 42.2 cm³/mol. The first-order chi connectivity index (χ1) is 5.24. The molecule has 0 heterocycles. The van der Waals surface area contributed by atoms with Gasteiger partial charge in [0.2, 0.25) is 0 Å². The van der Waals surface area contributed by atoms with Crippen molar-refractivity contribution in [3.63, 3.8) is 0 Å². The van der Waals surface area contributed by atoms with Gasteiger partial charge in [-0.25, -0.2) is 4.79 Å². The lowest BCUT2D eigenvalue weighted by atomic mass is 10.2. The van der Waals surface area contributed by atoms with Crippen LogP contribution in [0.2, 0.25) is 5.02 Å². The van der Waals surface area contributed by atoms with Crippen molar-refractivity contribution in [2.45, 2.75) is 0 Å². The van der Waals surface area contributed by atoms with E-state index >= 15 is 0 Å². The number of esters is 1. The first-order valence-corrected chi connectivity index (χ1v) is 3.34. The lowest BCUT2D eigenvalue weighted by Gasteiger charge is -1.97. The SMILES string of the molecule is [CH2]OC(=O)c1cccc(Cl)c1. The molecule has 0 aliphatic heterocycles. The predicted octanol–water partition coefficient (Wildman–Crippen LogP) is 2.29. The Morgan fingerprint density at radius 3 is 2.82 bits per heavy atom. The fourth-order valence-corrected chi connectivity index (χ4v) is 0.889. The van der Waals surface area contributed by atoms with Crippen molar-refractivity contribution < 1.29 is 9.53 Å². The Morgan fingerprint density at radius 2 is 2.27 bits per heavy atom. The summed E-state index contributed by atoms with van der Waals surface area (Å²) in [6, 6.07) is 6.49. The minimum absolute atomic E-state index is 0.410. The minimum Gasteiger partial charge on any atom is -0.458 e. The van der Waals surface area contributed by atoms with Crippen LogP contribution >= 0.6 is 11.6 Å². The number of rotatable bonds is 1. The molecule has 0 N–H and O–H groups in total. The number of hydrogen-bond donors (Lipinski definition) is 0. The molecule has 57 valence electrons. The van der Waals surface area contributed by atoms with Gasteiger partial charge in [0.15, 0.2) is 0 Å². The van der Waals surface area contributed by atoms with Crippen molar-refractivity contribution in [3.05, 3.63) is 42.0 Å². The average molecular weight is 170 g/mol. The van der Waals surface area contributed by atoms with Crippen LogP contribution < -0.4 is 0 Å². The maximum Gasteiger partial charge on any atom is 0.338 e. The van der Waals surface area contributed by atoms with Crippen molar-refractivity contribution >= 4 is 17.6 Å². The summed E-state index contributed by atoms with van der Waals surface area (Å²) in [4.78, 5) is 10.8. The van der Waals surface area contributed by atoms with E-state index in [2.05, 4.69) is 11.8 Å². The number of ether oxygens (including phenoxy) is 1. The minimum atomic E-state index is -0.479. The Hall–Kier alpha value is -1.02. The number of carbonyl (C=O) groups is 1. The molecular formula is C8H6ClO2. The van der Waals surface area contributed by atoms with E-state index in [0.29, 0.717) is 10.6 Å². The average Bonchev–Trinajstić information content (AvgIpc) is 2.03. The van der Waals surface area contributed by atoms with E-state index in [1.54, 1.807) is 18.2 Å². The fraction of sp³-hybridized carbons (Fsp3) is 0. The smallest absolute Gasteiger partial charge is 0.338 e. The van der Waals surface area contributed by atoms with Crippen molar-refractivity contribution in [3.8, 4) is 0 Å². The highest BCUT2D eigenvalue weighted by Crippen LogP contribution is 2.10. The van der Waals surface area contributed by atoms with Crippen molar-refractivity contribution in [1.29, 1.82) is 0 Å². The zero-order chi connectivity index (χ0) is 8.27. The maximum atomic E-state index is 10.8. The molecule has 11 heavy (non-hydrogen) atoms. The van der Waals surface area contributed by atoms with Gasteiger partial charge in [-0.2, -0.15) is 0 Å². The van der Waals surface area contributed by atoms with Crippen molar-refractivity contribution in [2.24, 2.45) is 0 Å². The van der Waals surface area contributed by atoms with Crippen LogP contribution in [-0.2, 0) is 4.74 Å². The Labute approximate surface area is 69.7 Å². The highest BCUT2D eigenvalue weighted by molar-refractivity contribution is 6.30. The van der Waals surface area contributed by atoms with Gasteiger partial charge >= 0.3 is 5.97 Å². The number of hydrogen-bond acceptors (Lipinski definition) is 2. The van der Waals surface area contributed by atoms with Gasteiger partial charge in [0, 0.05) is 5.02 Å². The Balaban J connectivity index is 2.96. The molecule has 0 saturated heterocycles. The number of halogens is 1. The molecule has 0 fully saturated rings. The molecule has 3 heteroatoms. The summed E-state index contributed by atoms with van der Waals surface area (Å²) in [6.07, 6.45) is 0. The largest absolute Gasteiger partial charge is 0.458 e. The lowest BCUT2D eigenvalue weighted by molar-refractivity contribution is 0.0654. The quantitative estimate of drug-likeness (QED) is 0.603. The van der Waals surface area contributed by atoms with Gasteiger partial charge in [0.1, 0.15) is 7.11 Å². The number of benzene rings is 1. The van der Waals surface area contributed by atoms with Crippen LogP contribution in [0.5, 0.6) is 0 Å². The summed E-state index contributed by atoms with van der Waals surface area (Å²) in [6.45, 7) is 0. The van der Waals surface area contributed by atoms with E-state index in [4.69, 9.17) is 11.6 Å². The van der Waals surface area contributed by atoms with E-state index in [9.17, 15) is 4.79 Å². The van der Waals surface area contributed by atoms with Gasteiger partial charge < -0.3 is 4.74 Å². The topological polar surface area (TPSA) is 26.3 Å². The van der Waals surface area contributed by atoms with E-state index < -0.39 is 5.97 Å². The van der Waals surface area contributed by atoms with Crippen LogP contribution in [0.15, 0.2) is 24.3 Å². The third-order valence-electron chi connectivity index (χ3n) is 1.19. The summed E-state index contributed by atoms with van der Waals surface area (Å²) < 4.78 is 4.24. The normalized spacial score (nSPS) is 9.27. The van der Waals surface area contributed by atoms with E-state index in [-0.39, 0.29) is 0 Å². The molecule has 0 spiro atoms. The highest BCUT2D eigenvalue weighted by Gasteiger charge is 2.03. The van der Waals surface area contributed by atoms with Crippen LogP contribution in [-0.4, -0.2) is 5.97 Å². The molecule has 2 nitrogen and oxygen atoms in total. The molecular weight excluding hydrogens is 164 g/mol. The standard InChI is InChI=1S/C8H6ClO2/c1-11-8(10)6-3-2-4-7(9)5-6/h2-5H,1H2. The zero-order valence-electron chi connectivity index (χ0n) is 5.71. The molecule has 1 aromatic carbocycles. The van der Waals surface area contributed by atoms with Gasteiger partial charge in [-0.3, -0.25) is 0 Å². The number of carbonyl (C=O) groups excluding carboxylic acids is 1.